The van der Waals surface area contributed by atoms with Crippen molar-refractivity contribution in [3.8, 4) is 0 Å². The summed E-state index contributed by atoms with van der Waals surface area (Å²) in [6.07, 6.45) is 4.23. The van der Waals surface area contributed by atoms with Crippen LogP contribution in [0.2, 0.25) is 0 Å². The Morgan fingerprint density at radius 3 is 2.92 bits per heavy atom. The van der Waals surface area contributed by atoms with E-state index in [1.54, 1.807) is 0 Å². The highest BCUT2D eigenvalue weighted by molar-refractivity contribution is 5.81. The Kier molecular flexibility index (Phi) is 3.70. The van der Waals surface area contributed by atoms with Gasteiger partial charge in [0.25, 0.3) is 0 Å². The standard InChI is InChI=1S/C10H17FO/c1-2-8-3-4-10(12)9(7-8)5-6-11/h8-9H,2-7H2,1H3. The molecule has 0 aromatic carbocycles. The van der Waals surface area contributed by atoms with Crippen LogP contribution in [0.15, 0.2) is 0 Å². The number of hydrogen-bond acceptors (Lipinski definition) is 1. The first-order valence-electron chi connectivity index (χ1n) is 4.86. The zero-order valence-electron chi connectivity index (χ0n) is 7.68. The molecule has 0 aliphatic heterocycles. The molecule has 1 aliphatic rings. The number of carbonyl (C=O) groups is 1. The molecule has 2 unspecified atom stereocenters. The molecule has 1 fully saturated rings. The van der Waals surface area contributed by atoms with Gasteiger partial charge in [-0.1, -0.05) is 13.3 Å². The summed E-state index contributed by atoms with van der Waals surface area (Å²) in [6.45, 7) is 1.81. The minimum Gasteiger partial charge on any atom is -0.299 e. The van der Waals surface area contributed by atoms with Crippen LogP contribution in [0.1, 0.15) is 39.0 Å². The first-order chi connectivity index (χ1) is 5.77. The third-order valence-electron chi connectivity index (χ3n) is 2.91. The fourth-order valence-electron chi connectivity index (χ4n) is 1.98. The van der Waals surface area contributed by atoms with Gasteiger partial charge in [-0.25, -0.2) is 0 Å². The van der Waals surface area contributed by atoms with Crippen molar-refractivity contribution in [1.82, 2.24) is 0 Å². The molecule has 0 amide bonds. The van der Waals surface area contributed by atoms with Crippen LogP contribution in [0.5, 0.6) is 0 Å². The second-order valence-corrected chi connectivity index (χ2v) is 3.69. The van der Waals surface area contributed by atoms with Gasteiger partial charge in [0.15, 0.2) is 0 Å². The van der Waals surface area contributed by atoms with Crippen LogP contribution < -0.4 is 0 Å². The zero-order chi connectivity index (χ0) is 8.97. The zero-order valence-corrected chi connectivity index (χ0v) is 7.68. The van der Waals surface area contributed by atoms with Crippen molar-refractivity contribution >= 4 is 5.78 Å². The second kappa shape index (κ2) is 4.58. The van der Waals surface area contributed by atoms with Crippen LogP contribution in [-0.4, -0.2) is 12.5 Å². The van der Waals surface area contributed by atoms with Crippen LogP contribution >= 0.6 is 0 Å². The fourth-order valence-corrected chi connectivity index (χ4v) is 1.98. The molecule has 1 aliphatic carbocycles. The van der Waals surface area contributed by atoms with E-state index in [0.717, 1.165) is 19.3 Å². The highest BCUT2D eigenvalue weighted by Gasteiger charge is 2.26. The van der Waals surface area contributed by atoms with E-state index < -0.39 is 0 Å². The Balaban J connectivity index is 2.41. The topological polar surface area (TPSA) is 17.1 Å². The summed E-state index contributed by atoms with van der Waals surface area (Å²) in [5.41, 5.74) is 0. The lowest BCUT2D eigenvalue weighted by Gasteiger charge is -2.26. The summed E-state index contributed by atoms with van der Waals surface area (Å²) in [5, 5.41) is 0. The van der Waals surface area contributed by atoms with Gasteiger partial charge >= 0.3 is 0 Å². The largest absolute Gasteiger partial charge is 0.299 e. The van der Waals surface area contributed by atoms with E-state index in [1.165, 1.54) is 0 Å². The van der Waals surface area contributed by atoms with Crippen LogP contribution in [0.3, 0.4) is 0 Å². The van der Waals surface area contributed by atoms with Crippen LogP contribution in [0.4, 0.5) is 4.39 Å². The molecule has 0 radical (unpaired) electrons. The number of ketones is 1. The quantitative estimate of drug-likeness (QED) is 0.639. The minimum absolute atomic E-state index is 0.0358. The second-order valence-electron chi connectivity index (χ2n) is 3.69. The molecule has 0 saturated heterocycles. The van der Waals surface area contributed by atoms with Crippen molar-refractivity contribution in [3.05, 3.63) is 0 Å². The molecule has 0 heterocycles. The molecule has 2 heteroatoms. The Bertz CT molecular complexity index is 156. The van der Waals surface area contributed by atoms with E-state index in [0.29, 0.717) is 18.8 Å². The van der Waals surface area contributed by atoms with Crippen molar-refractivity contribution < 1.29 is 9.18 Å². The van der Waals surface area contributed by atoms with E-state index in [1.807, 2.05) is 0 Å². The summed E-state index contributed by atoms with van der Waals surface area (Å²) >= 11 is 0. The third-order valence-corrected chi connectivity index (χ3v) is 2.91. The van der Waals surface area contributed by atoms with Crippen molar-refractivity contribution in [2.75, 3.05) is 6.67 Å². The van der Waals surface area contributed by atoms with E-state index in [9.17, 15) is 9.18 Å². The molecule has 0 aromatic heterocycles. The van der Waals surface area contributed by atoms with E-state index >= 15 is 0 Å². The molecule has 1 saturated carbocycles. The van der Waals surface area contributed by atoms with Gasteiger partial charge in [-0.2, -0.15) is 0 Å². The van der Waals surface area contributed by atoms with E-state index in [-0.39, 0.29) is 18.4 Å². The molecule has 0 spiro atoms. The maximum Gasteiger partial charge on any atom is 0.136 e. The summed E-state index contributed by atoms with van der Waals surface area (Å²) in [4.78, 5) is 11.3. The maximum absolute atomic E-state index is 12.0. The highest BCUT2D eigenvalue weighted by atomic mass is 19.1. The Hall–Kier alpha value is -0.400. The van der Waals surface area contributed by atoms with Crippen LogP contribution in [0.25, 0.3) is 0 Å². The van der Waals surface area contributed by atoms with Gasteiger partial charge in [-0.05, 0) is 25.2 Å². The van der Waals surface area contributed by atoms with Crippen molar-refractivity contribution in [2.45, 2.75) is 39.0 Å². The van der Waals surface area contributed by atoms with Gasteiger partial charge in [0, 0.05) is 12.3 Å². The van der Waals surface area contributed by atoms with Gasteiger partial charge in [0.1, 0.15) is 5.78 Å². The lowest BCUT2D eigenvalue weighted by molar-refractivity contribution is -0.126. The van der Waals surface area contributed by atoms with E-state index in [2.05, 4.69) is 6.92 Å². The molecule has 0 aromatic rings. The summed E-state index contributed by atoms with van der Waals surface area (Å²) in [6, 6.07) is 0. The molecule has 0 bridgehead atoms. The summed E-state index contributed by atoms with van der Waals surface area (Å²) in [7, 11) is 0. The Labute approximate surface area is 73.3 Å². The first-order valence-corrected chi connectivity index (χ1v) is 4.86. The van der Waals surface area contributed by atoms with Crippen molar-refractivity contribution in [1.29, 1.82) is 0 Å². The molecule has 1 nitrogen and oxygen atoms in total. The number of halogens is 1. The number of carbonyl (C=O) groups excluding carboxylic acids is 1. The Morgan fingerprint density at radius 2 is 2.33 bits per heavy atom. The van der Waals surface area contributed by atoms with Gasteiger partial charge in [-0.3, -0.25) is 9.18 Å². The monoisotopic (exact) mass is 172 g/mol. The highest BCUT2D eigenvalue weighted by Crippen LogP contribution is 2.30. The molecular weight excluding hydrogens is 155 g/mol. The maximum atomic E-state index is 12.0. The van der Waals surface area contributed by atoms with Gasteiger partial charge in [0.05, 0.1) is 6.67 Å². The smallest absolute Gasteiger partial charge is 0.136 e. The average molecular weight is 172 g/mol. The number of rotatable bonds is 3. The summed E-state index contributed by atoms with van der Waals surface area (Å²) in [5.74, 6) is 0.991. The number of hydrogen-bond donors (Lipinski definition) is 0. The predicted molar refractivity (Wildman–Crippen MR) is 46.7 cm³/mol. The van der Waals surface area contributed by atoms with E-state index in [4.69, 9.17) is 0 Å². The lowest BCUT2D eigenvalue weighted by Crippen LogP contribution is -2.24. The molecule has 70 valence electrons. The fraction of sp³-hybridized carbons (Fsp3) is 0.900. The number of alkyl halides is 1. The first kappa shape index (κ1) is 9.69. The van der Waals surface area contributed by atoms with Crippen LogP contribution in [-0.2, 0) is 4.79 Å². The molecular formula is C10H17FO. The summed E-state index contributed by atoms with van der Waals surface area (Å²) < 4.78 is 12.0. The van der Waals surface area contributed by atoms with Crippen LogP contribution in [0, 0.1) is 11.8 Å². The van der Waals surface area contributed by atoms with Gasteiger partial charge in [-0.15, -0.1) is 0 Å². The Morgan fingerprint density at radius 1 is 1.58 bits per heavy atom. The van der Waals surface area contributed by atoms with Gasteiger partial charge in [0.2, 0.25) is 0 Å². The lowest BCUT2D eigenvalue weighted by atomic mass is 9.78. The molecule has 2 atom stereocenters. The SMILES string of the molecule is CCC1CCC(=O)C(CCF)C1. The van der Waals surface area contributed by atoms with Gasteiger partial charge < -0.3 is 0 Å². The number of Topliss-reactive ketones (excluding diaryl/α,β-unsaturated/α-hetero) is 1. The predicted octanol–water partition coefficient (Wildman–Crippen LogP) is 2.74. The molecule has 1 rings (SSSR count). The van der Waals surface area contributed by atoms with Crippen molar-refractivity contribution in [2.24, 2.45) is 11.8 Å². The average Bonchev–Trinajstić information content (AvgIpc) is 2.09. The molecule has 12 heavy (non-hydrogen) atoms. The minimum atomic E-state index is -0.340. The third kappa shape index (κ3) is 2.29. The normalized spacial score (nSPS) is 30.7. The van der Waals surface area contributed by atoms with Crippen molar-refractivity contribution in [3.63, 3.8) is 0 Å². The molecule has 0 N–H and O–H groups in total.